The number of hydrogen-bond donors (Lipinski definition) is 0. The summed E-state index contributed by atoms with van der Waals surface area (Å²) in [5.74, 6) is -1.29. The molecule has 0 saturated heterocycles. The molecule has 0 bridgehead atoms. The summed E-state index contributed by atoms with van der Waals surface area (Å²) in [4.78, 5) is 12.2. The number of fused-ring (bicyclic) bond motifs is 1. The molecule has 1 aromatic heterocycles. The van der Waals surface area contributed by atoms with Gasteiger partial charge in [0.2, 0.25) is 0 Å². The van der Waals surface area contributed by atoms with Crippen molar-refractivity contribution in [3.05, 3.63) is 51.8 Å². The standard InChI is InChI=1S/C16H14BrF2NO/c1-16(2)7-13-10(14(21)8-16)3-4-20(13)15-11(18)5-9(17)6-12(15)19/h3-6H,7-8H2,1-2H3. The third-order valence-corrected chi connectivity index (χ3v) is 4.26. The molecule has 0 N–H and O–H groups in total. The van der Waals surface area contributed by atoms with Gasteiger partial charge in [0.25, 0.3) is 0 Å². The van der Waals surface area contributed by atoms with E-state index >= 15 is 0 Å². The molecular formula is C16H14BrF2NO. The van der Waals surface area contributed by atoms with Crippen LogP contribution in [0.2, 0.25) is 0 Å². The van der Waals surface area contributed by atoms with E-state index in [1.807, 2.05) is 13.8 Å². The molecule has 21 heavy (non-hydrogen) atoms. The minimum Gasteiger partial charge on any atom is -0.315 e. The second kappa shape index (κ2) is 4.77. The molecular weight excluding hydrogens is 340 g/mol. The topological polar surface area (TPSA) is 22.0 Å². The first-order valence-electron chi connectivity index (χ1n) is 6.67. The molecule has 0 fully saturated rings. The van der Waals surface area contributed by atoms with Crippen LogP contribution in [0, 0.1) is 17.0 Å². The summed E-state index contributed by atoms with van der Waals surface area (Å²) < 4.78 is 30.1. The molecule has 1 aromatic carbocycles. The molecule has 3 rings (SSSR count). The Morgan fingerprint density at radius 2 is 1.81 bits per heavy atom. The average molecular weight is 354 g/mol. The van der Waals surface area contributed by atoms with Gasteiger partial charge in [-0.2, -0.15) is 0 Å². The van der Waals surface area contributed by atoms with E-state index in [4.69, 9.17) is 0 Å². The highest BCUT2D eigenvalue weighted by Crippen LogP contribution is 2.37. The molecule has 0 saturated carbocycles. The van der Waals surface area contributed by atoms with Gasteiger partial charge in [0.05, 0.1) is 0 Å². The second-order valence-electron chi connectivity index (χ2n) is 6.21. The maximum atomic E-state index is 14.2. The van der Waals surface area contributed by atoms with Gasteiger partial charge >= 0.3 is 0 Å². The van der Waals surface area contributed by atoms with Crippen LogP contribution in [-0.4, -0.2) is 10.4 Å². The van der Waals surface area contributed by atoms with Crippen LogP contribution < -0.4 is 0 Å². The zero-order chi connectivity index (χ0) is 15.4. The number of nitrogens with zero attached hydrogens (tertiary/aromatic N) is 1. The first-order valence-corrected chi connectivity index (χ1v) is 7.46. The summed E-state index contributed by atoms with van der Waals surface area (Å²) in [6.07, 6.45) is 2.63. The van der Waals surface area contributed by atoms with Crippen LogP contribution in [0.25, 0.3) is 5.69 Å². The summed E-state index contributed by atoms with van der Waals surface area (Å²) in [5.41, 5.74) is 0.903. The van der Waals surface area contributed by atoms with E-state index in [-0.39, 0.29) is 16.9 Å². The van der Waals surface area contributed by atoms with Crippen LogP contribution in [0.1, 0.15) is 36.3 Å². The normalized spacial score (nSPS) is 16.9. The lowest BCUT2D eigenvalue weighted by Crippen LogP contribution is -2.28. The molecule has 1 aliphatic carbocycles. The van der Waals surface area contributed by atoms with Crippen molar-refractivity contribution in [2.45, 2.75) is 26.7 Å². The van der Waals surface area contributed by atoms with Gasteiger partial charge in [0.15, 0.2) is 17.4 Å². The van der Waals surface area contributed by atoms with Gasteiger partial charge in [-0.1, -0.05) is 29.8 Å². The van der Waals surface area contributed by atoms with Gasteiger partial charge in [-0.25, -0.2) is 8.78 Å². The maximum absolute atomic E-state index is 14.2. The minimum absolute atomic E-state index is 0.0259. The molecule has 0 amide bonds. The number of carbonyl (C=O) groups is 1. The van der Waals surface area contributed by atoms with E-state index < -0.39 is 11.6 Å². The van der Waals surface area contributed by atoms with Crippen molar-refractivity contribution < 1.29 is 13.6 Å². The van der Waals surface area contributed by atoms with Gasteiger partial charge in [-0.3, -0.25) is 4.79 Å². The number of rotatable bonds is 1. The first kappa shape index (κ1) is 14.4. The molecule has 2 nitrogen and oxygen atoms in total. The Hall–Kier alpha value is -1.49. The molecule has 5 heteroatoms. The minimum atomic E-state index is -0.656. The summed E-state index contributed by atoms with van der Waals surface area (Å²) >= 11 is 3.07. The van der Waals surface area contributed by atoms with Crippen LogP contribution in [0.3, 0.4) is 0 Å². The maximum Gasteiger partial charge on any atom is 0.165 e. The fourth-order valence-corrected chi connectivity index (χ4v) is 3.32. The highest BCUT2D eigenvalue weighted by molar-refractivity contribution is 9.10. The first-order chi connectivity index (χ1) is 9.78. The van der Waals surface area contributed by atoms with E-state index in [0.29, 0.717) is 28.6 Å². The van der Waals surface area contributed by atoms with Gasteiger partial charge in [-0.15, -0.1) is 0 Å². The third-order valence-electron chi connectivity index (χ3n) is 3.80. The fraction of sp³-hybridized carbons (Fsp3) is 0.312. The predicted octanol–water partition coefficient (Wildman–Crippen LogP) is 4.67. The Balaban J connectivity index is 2.21. The van der Waals surface area contributed by atoms with E-state index in [0.717, 1.165) is 0 Å². The zero-order valence-electron chi connectivity index (χ0n) is 11.7. The zero-order valence-corrected chi connectivity index (χ0v) is 13.3. The van der Waals surface area contributed by atoms with Crippen molar-refractivity contribution in [2.75, 3.05) is 0 Å². The van der Waals surface area contributed by atoms with E-state index in [2.05, 4.69) is 15.9 Å². The van der Waals surface area contributed by atoms with Crippen molar-refractivity contribution in [1.82, 2.24) is 4.57 Å². The van der Waals surface area contributed by atoms with Crippen molar-refractivity contribution in [3.63, 3.8) is 0 Å². The Bertz CT molecular complexity index is 726. The number of Topliss-reactive ketones (excluding diaryl/α,β-unsaturated/α-hetero) is 1. The van der Waals surface area contributed by atoms with E-state index in [9.17, 15) is 13.6 Å². The van der Waals surface area contributed by atoms with Crippen molar-refractivity contribution >= 4 is 21.7 Å². The predicted molar refractivity (Wildman–Crippen MR) is 79.8 cm³/mol. The van der Waals surface area contributed by atoms with Gasteiger partial charge in [0.1, 0.15) is 5.69 Å². The highest BCUT2D eigenvalue weighted by atomic mass is 79.9. The quantitative estimate of drug-likeness (QED) is 0.729. The lowest BCUT2D eigenvalue weighted by atomic mass is 9.76. The summed E-state index contributed by atoms with van der Waals surface area (Å²) in [6, 6.07) is 4.09. The molecule has 110 valence electrons. The van der Waals surface area contributed by atoms with E-state index in [1.165, 1.54) is 16.7 Å². The SMILES string of the molecule is CC1(C)CC(=O)c2ccn(-c3c(F)cc(Br)cc3F)c2C1. The molecule has 0 spiro atoms. The molecule has 0 unspecified atom stereocenters. The number of halogens is 3. The Morgan fingerprint density at radius 1 is 1.19 bits per heavy atom. The fourth-order valence-electron chi connectivity index (χ4n) is 2.92. The van der Waals surface area contributed by atoms with Crippen LogP contribution in [-0.2, 0) is 6.42 Å². The average Bonchev–Trinajstić information content (AvgIpc) is 2.70. The highest BCUT2D eigenvalue weighted by Gasteiger charge is 2.34. The largest absolute Gasteiger partial charge is 0.315 e. The van der Waals surface area contributed by atoms with Crippen LogP contribution in [0.15, 0.2) is 28.9 Å². The van der Waals surface area contributed by atoms with E-state index in [1.54, 1.807) is 12.3 Å². The molecule has 1 heterocycles. The number of hydrogen-bond acceptors (Lipinski definition) is 1. The van der Waals surface area contributed by atoms with Crippen LogP contribution >= 0.6 is 15.9 Å². The Morgan fingerprint density at radius 3 is 2.43 bits per heavy atom. The van der Waals surface area contributed by atoms with Crippen LogP contribution in [0.5, 0.6) is 0 Å². The number of carbonyl (C=O) groups excluding carboxylic acids is 1. The Kier molecular flexibility index (Phi) is 3.28. The monoisotopic (exact) mass is 353 g/mol. The number of benzene rings is 1. The van der Waals surface area contributed by atoms with Crippen LogP contribution in [0.4, 0.5) is 8.78 Å². The van der Waals surface area contributed by atoms with Gasteiger partial charge in [-0.05, 0) is 30.0 Å². The molecule has 2 aromatic rings. The smallest absolute Gasteiger partial charge is 0.165 e. The Labute approximate surface area is 129 Å². The molecule has 0 atom stereocenters. The summed E-state index contributed by atoms with van der Waals surface area (Å²) in [6.45, 7) is 3.97. The lowest BCUT2D eigenvalue weighted by Gasteiger charge is -2.29. The van der Waals surface area contributed by atoms with Crippen molar-refractivity contribution in [2.24, 2.45) is 5.41 Å². The van der Waals surface area contributed by atoms with Crippen molar-refractivity contribution in [1.29, 1.82) is 0 Å². The van der Waals surface area contributed by atoms with Crippen molar-refractivity contribution in [3.8, 4) is 5.69 Å². The van der Waals surface area contributed by atoms with Gasteiger partial charge in [0, 0.05) is 28.3 Å². The molecule has 0 aliphatic heterocycles. The van der Waals surface area contributed by atoms with Gasteiger partial charge < -0.3 is 4.57 Å². The summed E-state index contributed by atoms with van der Waals surface area (Å²) in [7, 11) is 0. The molecule has 1 aliphatic rings. The number of ketones is 1. The third kappa shape index (κ3) is 2.44. The number of aromatic nitrogens is 1. The lowest BCUT2D eigenvalue weighted by molar-refractivity contribution is 0.0911. The summed E-state index contributed by atoms with van der Waals surface area (Å²) in [5, 5.41) is 0. The molecule has 0 radical (unpaired) electrons. The second-order valence-corrected chi connectivity index (χ2v) is 7.12.